The van der Waals surface area contributed by atoms with Crippen molar-refractivity contribution in [3.8, 4) is 0 Å². The minimum absolute atomic E-state index is 0.00356. The number of anilines is 1. The van der Waals surface area contributed by atoms with Gasteiger partial charge in [-0.15, -0.1) is 0 Å². The Morgan fingerprint density at radius 1 is 1.38 bits per heavy atom. The topological polar surface area (TPSA) is 106 Å². The van der Waals surface area contributed by atoms with Gasteiger partial charge in [0.15, 0.2) is 9.84 Å². The lowest BCUT2D eigenvalue weighted by atomic mass is 10.0. The van der Waals surface area contributed by atoms with E-state index < -0.39 is 25.4 Å². The van der Waals surface area contributed by atoms with E-state index in [1.165, 1.54) is 6.07 Å². The second-order valence-corrected chi connectivity index (χ2v) is 9.56. The van der Waals surface area contributed by atoms with E-state index in [-0.39, 0.29) is 22.8 Å². The molecule has 0 aromatic heterocycles. The minimum atomic E-state index is -3.81. The van der Waals surface area contributed by atoms with Crippen LogP contribution in [0.3, 0.4) is 0 Å². The lowest BCUT2D eigenvalue weighted by Gasteiger charge is -2.24. The van der Waals surface area contributed by atoms with Gasteiger partial charge in [-0.1, -0.05) is 13.0 Å². The van der Waals surface area contributed by atoms with Crippen LogP contribution < -0.4 is 10.5 Å². The summed E-state index contributed by atoms with van der Waals surface area (Å²) in [6, 6.07) is 4.74. The lowest BCUT2D eigenvalue weighted by molar-refractivity contribution is 0.461. The summed E-state index contributed by atoms with van der Waals surface area (Å²) >= 11 is 0. The van der Waals surface area contributed by atoms with Gasteiger partial charge in [-0.25, -0.2) is 21.6 Å². The molecule has 0 bridgehead atoms. The second-order valence-electron chi connectivity index (χ2n) is 5.73. The van der Waals surface area contributed by atoms with E-state index in [1.807, 2.05) is 6.92 Å². The third-order valence-electron chi connectivity index (χ3n) is 3.65. The summed E-state index contributed by atoms with van der Waals surface area (Å²) in [6.07, 6.45) is 0.823. The highest BCUT2D eigenvalue weighted by Gasteiger charge is 2.41. The fraction of sp³-hybridized carbons (Fsp3) is 0.538. The van der Waals surface area contributed by atoms with Crippen LogP contribution in [-0.2, 0) is 26.3 Å². The average Bonchev–Trinajstić information content (AvgIpc) is 2.62. The van der Waals surface area contributed by atoms with E-state index in [0.29, 0.717) is 17.7 Å². The third-order valence-corrected chi connectivity index (χ3v) is 7.27. The van der Waals surface area contributed by atoms with Gasteiger partial charge in [-0.3, -0.25) is 0 Å². The van der Waals surface area contributed by atoms with E-state index in [2.05, 4.69) is 4.72 Å². The van der Waals surface area contributed by atoms with Crippen LogP contribution in [0, 0.1) is 0 Å². The molecule has 1 atom stereocenters. The van der Waals surface area contributed by atoms with Crippen LogP contribution in [0.15, 0.2) is 23.1 Å². The number of nitrogens with two attached hydrogens (primary N) is 1. The first kappa shape index (κ1) is 16.3. The molecule has 118 valence electrons. The minimum Gasteiger partial charge on any atom is -0.399 e. The van der Waals surface area contributed by atoms with E-state index in [4.69, 9.17) is 5.73 Å². The maximum absolute atomic E-state index is 12.6. The van der Waals surface area contributed by atoms with E-state index in [0.717, 1.165) is 0 Å². The van der Waals surface area contributed by atoms with Crippen LogP contribution in [-0.4, -0.2) is 33.9 Å². The Balaban J connectivity index is 2.38. The maximum atomic E-state index is 12.6. The highest BCUT2D eigenvalue weighted by atomic mass is 32.2. The smallest absolute Gasteiger partial charge is 0.241 e. The van der Waals surface area contributed by atoms with Gasteiger partial charge < -0.3 is 5.73 Å². The van der Waals surface area contributed by atoms with Crippen molar-refractivity contribution in [1.82, 2.24) is 4.72 Å². The maximum Gasteiger partial charge on any atom is 0.241 e. The predicted molar refractivity (Wildman–Crippen MR) is 82.2 cm³/mol. The largest absolute Gasteiger partial charge is 0.399 e. The third kappa shape index (κ3) is 3.56. The molecule has 1 saturated heterocycles. The summed E-state index contributed by atoms with van der Waals surface area (Å²) in [6.45, 7) is 3.47. The Bertz CT molecular complexity index is 756. The first-order chi connectivity index (χ1) is 9.57. The summed E-state index contributed by atoms with van der Waals surface area (Å²) in [5.74, 6) is -0.174. The molecule has 3 N–H and O–H groups in total. The number of nitrogen functional groups attached to an aromatic ring is 1. The van der Waals surface area contributed by atoms with Gasteiger partial charge in [0.1, 0.15) is 0 Å². The van der Waals surface area contributed by atoms with Gasteiger partial charge in [0, 0.05) is 11.2 Å². The first-order valence-electron chi connectivity index (χ1n) is 6.70. The van der Waals surface area contributed by atoms with E-state index in [9.17, 15) is 16.8 Å². The molecule has 2 rings (SSSR count). The monoisotopic (exact) mass is 332 g/mol. The molecule has 0 amide bonds. The van der Waals surface area contributed by atoms with Crippen LogP contribution in [0.4, 0.5) is 5.69 Å². The van der Waals surface area contributed by atoms with Crippen molar-refractivity contribution in [2.75, 3.05) is 17.2 Å². The quantitative estimate of drug-likeness (QED) is 0.789. The highest BCUT2D eigenvalue weighted by molar-refractivity contribution is 7.92. The van der Waals surface area contributed by atoms with Gasteiger partial charge in [0.2, 0.25) is 10.0 Å². The molecule has 6 nitrogen and oxygen atoms in total. The van der Waals surface area contributed by atoms with E-state index >= 15 is 0 Å². The summed E-state index contributed by atoms with van der Waals surface area (Å²) in [4.78, 5) is 0.121. The lowest BCUT2D eigenvalue weighted by Crippen LogP contribution is -2.47. The van der Waals surface area contributed by atoms with Crippen LogP contribution >= 0.6 is 0 Å². The summed E-state index contributed by atoms with van der Waals surface area (Å²) in [5, 5.41) is 0. The molecular formula is C13H20N2O4S2. The zero-order valence-electron chi connectivity index (χ0n) is 12.1. The Morgan fingerprint density at radius 3 is 2.57 bits per heavy atom. The Hall–Kier alpha value is -1.12. The van der Waals surface area contributed by atoms with Gasteiger partial charge in [-0.05, 0) is 37.5 Å². The molecule has 1 heterocycles. The number of nitrogens with one attached hydrogen (secondary N) is 1. The van der Waals surface area contributed by atoms with E-state index in [1.54, 1.807) is 19.1 Å². The molecule has 1 unspecified atom stereocenters. The van der Waals surface area contributed by atoms with Crippen molar-refractivity contribution in [2.24, 2.45) is 0 Å². The van der Waals surface area contributed by atoms with Crippen LogP contribution in [0.2, 0.25) is 0 Å². The second kappa shape index (κ2) is 5.26. The molecule has 21 heavy (non-hydrogen) atoms. The van der Waals surface area contributed by atoms with Gasteiger partial charge in [-0.2, -0.15) is 0 Å². The molecule has 1 aromatic rings. The standard InChI is InChI=1S/C13H20N2O4S2/c1-3-10-4-5-11(14)8-12(10)21(18,19)15-13(2)6-7-20(16,17)9-13/h4-5,8,15H,3,6-7,9,14H2,1-2H3. The molecule has 0 aliphatic carbocycles. The fourth-order valence-electron chi connectivity index (χ4n) is 2.58. The zero-order valence-corrected chi connectivity index (χ0v) is 13.7. The predicted octanol–water partition coefficient (Wildman–Crippen LogP) is 0.687. The molecule has 1 aliphatic rings. The van der Waals surface area contributed by atoms with Crippen molar-refractivity contribution in [3.63, 3.8) is 0 Å². The number of hydrogen-bond acceptors (Lipinski definition) is 5. The van der Waals surface area contributed by atoms with Crippen molar-refractivity contribution in [3.05, 3.63) is 23.8 Å². The molecule has 1 aromatic carbocycles. The van der Waals surface area contributed by atoms with Crippen LogP contribution in [0.5, 0.6) is 0 Å². The molecule has 1 fully saturated rings. The van der Waals surface area contributed by atoms with Crippen LogP contribution in [0.25, 0.3) is 0 Å². The number of benzene rings is 1. The molecule has 8 heteroatoms. The van der Waals surface area contributed by atoms with Crippen molar-refractivity contribution in [2.45, 2.75) is 37.1 Å². The molecule has 0 radical (unpaired) electrons. The van der Waals surface area contributed by atoms with Gasteiger partial charge >= 0.3 is 0 Å². The van der Waals surface area contributed by atoms with Crippen molar-refractivity contribution >= 4 is 25.5 Å². The average molecular weight is 332 g/mol. The molecule has 1 aliphatic heterocycles. The Kier molecular flexibility index (Phi) is 4.07. The number of rotatable bonds is 4. The molecule has 0 spiro atoms. The number of sulfonamides is 1. The summed E-state index contributed by atoms with van der Waals surface area (Å²) < 4.78 is 50.9. The number of sulfone groups is 1. The SMILES string of the molecule is CCc1ccc(N)cc1S(=O)(=O)NC1(C)CCS(=O)(=O)C1. The van der Waals surface area contributed by atoms with Crippen molar-refractivity contribution < 1.29 is 16.8 Å². The number of aryl methyl sites for hydroxylation is 1. The van der Waals surface area contributed by atoms with Gasteiger partial charge in [0.25, 0.3) is 0 Å². The summed E-state index contributed by atoms with van der Waals surface area (Å²) in [7, 11) is -7.00. The Labute approximate surface area is 125 Å². The molecule has 0 saturated carbocycles. The summed E-state index contributed by atoms with van der Waals surface area (Å²) in [5.41, 5.74) is 5.72. The molecular weight excluding hydrogens is 312 g/mol. The fourth-order valence-corrected chi connectivity index (χ4v) is 6.55. The Morgan fingerprint density at radius 2 is 2.05 bits per heavy atom. The number of hydrogen-bond donors (Lipinski definition) is 2. The van der Waals surface area contributed by atoms with Crippen molar-refractivity contribution in [1.29, 1.82) is 0 Å². The first-order valence-corrected chi connectivity index (χ1v) is 10.0. The zero-order chi connectivity index (χ0) is 15.9. The van der Waals surface area contributed by atoms with Gasteiger partial charge in [0.05, 0.1) is 16.4 Å². The van der Waals surface area contributed by atoms with Crippen LogP contribution in [0.1, 0.15) is 25.8 Å². The normalized spacial score (nSPS) is 25.0. The highest BCUT2D eigenvalue weighted by Crippen LogP contribution is 2.27.